The zero-order chi connectivity index (χ0) is 51.6. The van der Waals surface area contributed by atoms with Crippen molar-refractivity contribution in [1.82, 2.24) is 0 Å². The fourth-order valence-electron chi connectivity index (χ4n) is 12.2. The lowest BCUT2D eigenvalue weighted by Gasteiger charge is -2.47. The van der Waals surface area contributed by atoms with Gasteiger partial charge in [0, 0.05) is 45.4 Å². The Kier molecular flexibility index (Phi) is 11.4. The molecule has 8 aromatic carbocycles. The van der Waals surface area contributed by atoms with Crippen LogP contribution in [0.5, 0.6) is 0 Å². The van der Waals surface area contributed by atoms with E-state index in [0.29, 0.717) is 0 Å². The summed E-state index contributed by atoms with van der Waals surface area (Å²) >= 11 is 0. The van der Waals surface area contributed by atoms with Gasteiger partial charge in [0.1, 0.15) is 0 Å². The molecule has 3 nitrogen and oxygen atoms in total. The van der Waals surface area contributed by atoms with E-state index in [1.807, 2.05) is 0 Å². The maximum absolute atomic E-state index is 2.68. The average molecular weight is 956 g/mol. The third-order valence-corrected chi connectivity index (χ3v) is 16.7. The molecule has 0 bridgehead atoms. The smallest absolute Gasteiger partial charge is 0.252 e. The van der Waals surface area contributed by atoms with Crippen molar-refractivity contribution in [2.45, 2.75) is 137 Å². The predicted octanol–water partition coefficient (Wildman–Crippen LogP) is 17.5. The highest BCUT2D eigenvalue weighted by Gasteiger charge is 2.46. The summed E-state index contributed by atoms with van der Waals surface area (Å²) in [5, 5.41) is 0. The number of anilines is 9. The molecule has 73 heavy (non-hydrogen) atoms. The maximum Gasteiger partial charge on any atom is 0.252 e. The molecule has 4 heteroatoms. The van der Waals surface area contributed by atoms with Crippen LogP contribution < -0.4 is 31.1 Å². The number of nitrogens with zero attached hydrogens (tertiary/aromatic N) is 3. The quantitative estimate of drug-likeness (QED) is 0.154. The third kappa shape index (κ3) is 8.30. The van der Waals surface area contributed by atoms with Crippen molar-refractivity contribution < 1.29 is 0 Å². The number of hydrogen-bond acceptors (Lipinski definition) is 3. The van der Waals surface area contributed by atoms with Gasteiger partial charge in [-0.1, -0.05) is 193 Å². The van der Waals surface area contributed by atoms with Gasteiger partial charge in [0.2, 0.25) is 0 Å². The lowest BCUT2D eigenvalue weighted by atomic mass is 9.33. The Hall–Kier alpha value is -6.78. The topological polar surface area (TPSA) is 9.72 Å². The second-order valence-corrected chi connectivity index (χ2v) is 25.9. The number of para-hydroxylation sites is 2. The lowest BCUT2D eigenvalue weighted by molar-refractivity contribution is 0.332. The van der Waals surface area contributed by atoms with E-state index in [1.165, 1.54) is 101 Å². The number of benzene rings is 8. The van der Waals surface area contributed by atoms with E-state index in [-0.39, 0.29) is 33.8 Å². The molecule has 11 rings (SSSR count). The Morgan fingerprint density at radius 3 is 1.29 bits per heavy atom. The number of fused-ring (bicyclic) bond motifs is 5. The Morgan fingerprint density at radius 2 is 0.822 bits per heavy atom. The normalized spacial score (nSPS) is 15.6. The first kappa shape index (κ1) is 48.5. The average Bonchev–Trinajstić information content (AvgIpc) is 3.36. The molecule has 0 spiro atoms. The van der Waals surface area contributed by atoms with Crippen LogP contribution in [0.3, 0.4) is 0 Å². The molecule has 0 fully saturated rings. The maximum atomic E-state index is 2.68. The Labute approximate surface area is 438 Å². The van der Waals surface area contributed by atoms with Gasteiger partial charge in [-0.25, -0.2) is 0 Å². The van der Waals surface area contributed by atoms with E-state index in [4.69, 9.17) is 0 Å². The minimum Gasteiger partial charge on any atom is -0.311 e. The molecule has 0 saturated carbocycles. The molecule has 0 amide bonds. The van der Waals surface area contributed by atoms with E-state index < -0.39 is 0 Å². The highest BCUT2D eigenvalue weighted by atomic mass is 15.2. The van der Waals surface area contributed by atoms with Crippen LogP contribution in [0.2, 0.25) is 0 Å². The largest absolute Gasteiger partial charge is 0.311 e. The van der Waals surface area contributed by atoms with Gasteiger partial charge < -0.3 is 14.7 Å². The molecule has 0 radical (unpaired) electrons. The number of aryl methyl sites for hydroxylation is 1. The molecule has 0 N–H and O–H groups in total. The SMILES string of the molecule is Cc1cc2c(cc1N1c3ccc(C(C)(C)C)cc3B3c4cc(C(C)(C)C)ccc4N(c4ccc(C(C)(C)C)cc4-c4ccccc4)c4cc(N(c5ccccc5)c5ccccc5)cc1c43)C(C)(C)CCC2(C)C. The second-order valence-electron chi connectivity index (χ2n) is 25.9. The summed E-state index contributed by atoms with van der Waals surface area (Å²) in [4.78, 5) is 7.79. The van der Waals surface area contributed by atoms with Crippen molar-refractivity contribution in [2.24, 2.45) is 0 Å². The van der Waals surface area contributed by atoms with E-state index in [0.717, 1.165) is 23.5 Å². The van der Waals surface area contributed by atoms with Gasteiger partial charge in [-0.3, -0.25) is 0 Å². The molecular formula is C69H74BN3. The summed E-state index contributed by atoms with van der Waals surface area (Å²) in [5.41, 5.74) is 25.2. The van der Waals surface area contributed by atoms with Crippen molar-refractivity contribution in [1.29, 1.82) is 0 Å². The van der Waals surface area contributed by atoms with E-state index >= 15 is 0 Å². The summed E-state index contributed by atoms with van der Waals surface area (Å²) in [6.45, 7) is 33.3. The Morgan fingerprint density at radius 1 is 0.411 bits per heavy atom. The first-order chi connectivity index (χ1) is 34.5. The highest BCUT2D eigenvalue weighted by molar-refractivity contribution is 7.00. The molecule has 3 aliphatic rings. The summed E-state index contributed by atoms with van der Waals surface area (Å²) in [6, 6.07) is 65.3. The third-order valence-electron chi connectivity index (χ3n) is 16.7. The van der Waals surface area contributed by atoms with Crippen LogP contribution >= 0.6 is 0 Å². The molecule has 2 aliphatic heterocycles. The van der Waals surface area contributed by atoms with E-state index in [2.05, 4.69) is 281 Å². The fraction of sp³-hybridized carbons (Fsp3) is 0.304. The second kappa shape index (κ2) is 17.2. The predicted molar refractivity (Wildman–Crippen MR) is 317 cm³/mol. The summed E-state index contributed by atoms with van der Waals surface area (Å²) in [5.74, 6) is 0. The van der Waals surface area contributed by atoms with Crippen LogP contribution in [0, 0.1) is 6.92 Å². The van der Waals surface area contributed by atoms with Gasteiger partial charge in [0.05, 0.1) is 11.4 Å². The summed E-state index contributed by atoms with van der Waals surface area (Å²) in [7, 11) is 0. The van der Waals surface area contributed by atoms with Crippen LogP contribution in [0.25, 0.3) is 11.1 Å². The van der Waals surface area contributed by atoms with Crippen LogP contribution in [-0.2, 0) is 27.1 Å². The summed E-state index contributed by atoms with van der Waals surface area (Å²) < 4.78 is 0. The zero-order valence-corrected chi connectivity index (χ0v) is 46.0. The number of rotatable bonds is 6. The Balaban J connectivity index is 1.33. The summed E-state index contributed by atoms with van der Waals surface area (Å²) in [6.07, 6.45) is 2.32. The van der Waals surface area contributed by atoms with Gasteiger partial charge >= 0.3 is 0 Å². The van der Waals surface area contributed by atoms with Gasteiger partial charge in [-0.05, 0) is 169 Å². The molecular weight excluding hydrogens is 882 g/mol. The van der Waals surface area contributed by atoms with Gasteiger partial charge in [0.15, 0.2) is 0 Å². The fourth-order valence-corrected chi connectivity index (χ4v) is 12.2. The first-order valence-electron chi connectivity index (χ1n) is 26.8. The molecule has 368 valence electrons. The first-order valence-corrected chi connectivity index (χ1v) is 26.8. The Bertz CT molecular complexity index is 3380. The number of hydrogen-bond donors (Lipinski definition) is 0. The van der Waals surface area contributed by atoms with Gasteiger partial charge in [-0.2, -0.15) is 0 Å². The molecule has 0 unspecified atom stereocenters. The minimum atomic E-state index is -0.0696. The molecule has 1 aliphatic carbocycles. The molecule has 8 aromatic rings. The van der Waals surface area contributed by atoms with Gasteiger partial charge in [0.25, 0.3) is 6.71 Å². The lowest BCUT2D eigenvalue weighted by Crippen LogP contribution is -2.61. The minimum absolute atomic E-state index is 0.0232. The van der Waals surface area contributed by atoms with E-state index in [9.17, 15) is 0 Å². The molecule has 0 aromatic heterocycles. The van der Waals surface area contributed by atoms with Crippen molar-refractivity contribution in [3.8, 4) is 11.1 Å². The standard InChI is InChI=1S/C69H74BN3/c1-45-38-54-55(69(13,14)37-36-68(54,11)12)44-61(45)73-60-35-32-49(67(8,9)10)41-57(60)70-56-40-48(66(5,6)7)31-34-59(56)72(58-33-30-47(65(2,3)4)39-53(58)46-24-18-15-19-25-46)62-42-52(43-63(73)64(62)70)71(50-26-20-16-21-27-50)51-28-22-17-23-29-51/h15-35,38-44H,36-37H2,1-14H3. The zero-order valence-electron chi connectivity index (χ0n) is 46.0. The van der Waals surface area contributed by atoms with E-state index in [1.54, 1.807) is 0 Å². The molecule has 0 saturated heterocycles. The van der Waals surface area contributed by atoms with Crippen molar-refractivity contribution >= 4 is 74.3 Å². The van der Waals surface area contributed by atoms with Crippen LogP contribution in [-0.4, -0.2) is 6.71 Å². The van der Waals surface area contributed by atoms with Crippen LogP contribution in [0.4, 0.5) is 51.2 Å². The van der Waals surface area contributed by atoms with Crippen molar-refractivity contribution in [2.75, 3.05) is 14.7 Å². The van der Waals surface area contributed by atoms with Gasteiger partial charge in [-0.15, -0.1) is 0 Å². The highest BCUT2D eigenvalue weighted by Crippen LogP contribution is 2.53. The van der Waals surface area contributed by atoms with Crippen LogP contribution in [0.15, 0.2) is 170 Å². The molecule has 0 atom stereocenters. The van der Waals surface area contributed by atoms with Crippen molar-refractivity contribution in [3.63, 3.8) is 0 Å². The van der Waals surface area contributed by atoms with Crippen LogP contribution in [0.1, 0.15) is 136 Å². The monoisotopic (exact) mass is 956 g/mol. The van der Waals surface area contributed by atoms with Crippen molar-refractivity contribution in [3.05, 3.63) is 203 Å². The molecule has 2 heterocycles.